The van der Waals surface area contributed by atoms with Gasteiger partial charge in [0.1, 0.15) is 5.75 Å². The summed E-state index contributed by atoms with van der Waals surface area (Å²) in [6, 6.07) is 7.18. The minimum atomic E-state index is -0.956. The monoisotopic (exact) mass is 225 g/mol. The molecule has 0 aliphatic heterocycles. The van der Waals surface area contributed by atoms with Gasteiger partial charge in [-0.05, 0) is 23.8 Å². The van der Waals surface area contributed by atoms with Crippen molar-refractivity contribution in [1.82, 2.24) is 0 Å². The number of aliphatic carboxylic acids is 1. The predicted molar refractivity (Wildman–Crippen MR) is 57.2 cm³/mol. The van der Waals surface area contributed by atoms with Gasteiger partial charge in [-0.15, -0.1) is 4.91 Å². The van der Waals surface area contributed by atoms with Gasteiger partial charge < -0.3 is 15.1 Å². The van der Waals surface area contributed by atoms with E-state index in [0.29, 0.717) is 5.75 Å². The zero-order chi connectivity index (χ0) is 12.4. The molecule has 6 heteroatoms. The highest BCUT2D eigenvalue weighted by molar-refractivity contribution is 5.85. The number of hydrogen-bond acceptors (Lipinski definition) is 4. The minimum absolute atomic E-state index is 0.715. The van der Waals surface area contributed by atoms with Crippen LogP contribution in [0.1, 0.15) is 5.56 Å². The molecule has 0 aliphatic rings. The molecule has 0 saturated heterocycles. The van der Waals surface area contributed by atoms with Crippen LogP contribution < -0.4 is 4.74 Å². The van der Waals surface area contributed by atoms with Gasteiger partial charge in [0.05, 0.1) is 7.11 Å². The van der Waals surface area contributed by atoms with Crippen molar-refractivity contribution in [2.75, 3.05) is 7.11 Å². The summed E-state index contributed by atoms with van der Waals surface area (Å²) in [4.78, 5) is 18.3. The van der Waals surface area contributed by atoms with Gasteiger partial charge in [0.2, 0.25) is 0 Å². The summed E-state index contributed by atoms with van der Waals surface area (Å²) >= 11 is 0. The normalized spacial score (nSPS) is 9.06. The Labute approximate surface area is 91.7 Å². The van der Waals surface area contributed by atoms with Crippen LogP contribution in [0.25, 0.3) is 6.08 Å². The van der Waals surface area contributed by atoms with Crippen LogP contribution in [0.5, 0.6) is 5.75 Å². The predicted octanol–water partition coefficient (Wildman–Crippen LogP) is 1.93. The van der Waals surface area contributed by atoms with Crippen LogP contribution in [-0.4, -0.2) is 23.4 Å². The Morgan fingerprint density at radius 2 is 2.12 bits per heavy atom. The molecule has 0 aromatic heterocycles. The molecule has 0 atom stereocenters. The van der Waals surface area contributed by atoms with E-state index < -0.39 is 5.97 Å². The van der Waals surface area contributed by atoms with E-state index in [-0.39, 0.29) is 0 Å². The second-order valence-electron chi connectivity index (χ2n) is 2.53. The number of hydrogen-bond donors (Lipinski definition) is 2. The van der Waals surface area contributed by atoms with Crippen LogP contribution in [0.4, 0.5) is 0 Å². The van der Waals surface area contributed by atoms with E-state index in [0.717, 1.165) is 11.6 Å². The van der Waals surface area contributed by atoms with Gasteiger partial charge in [-0.3, -0.25) is 0 Å². The Balaban J connectivity index is 0.000000673. The highest BCUT2D eigenvalue weighted by Crippen LogP contribution is 2.13. The first-order chi connectivity index (χ1) is 7.63. The summed E-state index contributed by atoms with van der Waals surface area (Å²) in [7, 11) is 1.57. The van der Waals surface area contributed by atoms with Gasteiger partial charge in [0.15, 0.2) is 5.34 Å². The van der Waals surface area contributed by atoms with E-state index in [4.69, 9.17) is 20.0 Å². The third-order valence-corrected chi connectivity index (χ3v) is 1.51. The topological polar surface area (TPSA) is 96.2 Å². The fourth-order valence-corrected chi connectivity index (χ4v) is 0.913. The van der Waals surface area contributed by atoms with Crippen molar-refractivity contribution in [1.29, 1.82) is 0 Å². The Morgan fingerprint density at radius 3 is 2.62 bits per heavy atom. The van der Waals surface area contributed by atoms with Crippen molar-refractivity contribution in [2.45, 2.75) is 0 Å². The summed E-state index contributed by atoms with van der Waals surface area (Å²) in [6.45, 7) is 0. The van der Waals surface area contributed by atoms with Crippen LogP contribution in [-0.2, 0) is 4.79 Å². The molecular formula is C10H11NO5. The molecule has 0 aliphatic carbocycles. The summed E-state index contributed by atoms with van der Waals surface area (Å²) < 4.78 is 4.98. The van der Waals surface area contributed by atoms with Gasteiger partial charge in [0, 0.05) is 6.08 Å². The quantitative estimate of drug-likeness (QED) is 0.465. The lowest BCUT2D eigenvalue weighted by atomic mass is 10.2. The lowest BCUT2D eigenvalue weighted by molar-refractivity contribution is -0.131. The molecule has 16 heavy (non-hydrogen) atoms. The number of nitrogens with zero attached hydrogens (tertiary/aromatic N) is 1. The van der Waals surface area contributed by atoms with Gasteiger partial charge >= 0.3 is 5.97 Å². The molecule has 0 radical (unpaired) electrons. The summed E-state index contributed by atoms with van der Waals surface area (Å²) in [5.74, 6) is -0.240. The van der Waals surface area contributed by atoms with Gasteiger partial charge in [-0.25, -0.2) is 4.79 Å². The van der Waals surface area contributed by atoms with E-state index in [1.165, 1.54) is 11.4 Å². The van der Waals surface area contributed by atoms with Crippen LogP contribution in [0.2, 0.25) is 0 Å². The number of rotatable bonds is 3. The maximum atomic E-state index is 10.2. The lowest BCUT2D eigenvalue weighted by Crippen LogP contribution is -1.86. The number of carbonyl (C=O) groups is 1. The van der Waals surface area contributed by atoms with E-state index in [2.05, 4.69) is 0 Å². The van der Waals surface area contributed by atoms with Crippen molar-refractivity contribution < 1.29 is 19.8 Å². The highest BCUT2D eigenvalue weighted by atomic mass is 16.6. The first-order valence-corrected chi connectivity index (χ1v) is 4.15. The Morgan fingerprint density at radius 1 is 1.50 bits per heavy atom. The number of ether oxygens (including phenoxy) is 1. The second kappa shape index (κ2) is 7.98. The first-order valence-electron chi connectivity index (χ1n) is 4.15. The molecule has 1 rings (SSSR count). The molecule has 1 aromatic carbocycles. The van der Waals surface area contributed by atoms with E-state index in [1.807, 2.05) is 6.07 Å². The molecule has 0 fully saturated rings. The smallest absolute Gasteiger partial charge is 0.328 e. The standard InChI is InChI=1S/C10H10O3.HNO2/c1-13-9-4-2-3-8(7-9)5-6-10(11)12;2-1-3/h2-7H,1H3,(H,11,12);(H,2,3). The fraction of sp³-hybridized carbons (Fsp3) is 0.100. The van der Waals surface area contributed by atoms with Crippen molar-refractivity contribution in [3.8, 4) is 5.75 Å². The van der Waals surface area contributed by atoms with Gasteiger partial charge in [0.25, 0.3) is 0 Å². The lowest BCUT2D eigenvalue weighted by Gasteiger charge is -1.99. The molecule has 1 aromatic rings. The van der Waals surface area contributed by atoms with Crippen LogP contribution in [0.15, 0.2) is 35.7 Å². The molecule has 6 nitrogen and oxygen atoms in total. The van der Waals surface area contributed by atoms with Gasteiger partial charge in [-0.2, -0.15) is 0 Å². The Kier molecular flexibility index (Phi) is 6.80. The molecule has 86 valence electrons. The Hall–Kier alpha value is -2.37. The minimum Gasteiger partial charge on any atom is -0.497 e. The third-order valence-electron chi connectivity index (χ3n) is 1.51. The maximum absolute atomic E-state index is 10.2. The molecule has 0 unspecified atom stereocenters. The van der Waals surface area contributed by atoms with E-state index in [9.17, 15) is 4.79 Å². The molecule has 0 amide bonds. The number of methoxy groups -OCH3 is 1. The molecular weight excluding hydrogens is 214 g/mol. The first kappa shape index (κ1) is 13.6. The number of benzene rings is 1. The van der Waals surface area contributed by atoms with Crippen LogP contribution in [0.3, 0.4) is 0 Å². The molecule has 0 bridgehead atoms. The van der Waals surface area contributed by atoms with Crippen molar-refractivity contribution in [3.63, 3.8) is 0 Å². The average molecular weight is 225 g/mol. The second-order valence-corrected chi connectivity index (χ2v) is 2.53. The average Bonchev–Trinajstić information content (AvgIpc) is 2.28. The third kappa shape index (κ3) is 6.14. The zero-order valence-corrected chi connectivity index (χ0v) is 8.53. The molecule has 0 saturated carbocycles. The Bertz CT molecular complexity index is 375. The maximum Gasteiger partial charge on any atom is 0.328 e. The zero-order valence-electron chi connectivity index (χ0n) is 8.53. The molecule has 0 heterocycles. The fourth-order valence-electron chi connectivity index (χ4n) is 0.913. The van der Waals surface area contributed by atoms with Crippen LogP contribution >= 0.6 is 0 Å². The van der Waals surface area contributed by atoms with E-state index >= 15 is 0 Å². The van der Waals surface area contributed by atoms with Crippen molar-refractivity contribution in [2.24, 2.45) is 5.34 Å². The summed E-state index contributed by atoms with van der Waals surface area (Å²) in [6.07, 6.45) is 2.61. The van der Waals surface area contributed by atoms with Crippen molar-refractivity contribution >= 4 is 12.0 Å². The number of carboxylic acid groups (broad SMARTS) is 1. The summed E-state index contributed by atoms with van der Waals surface area (Å²) in [5, 5.41) is 16.3. The van der Waals surface area contributed by atoms with Gasteiger partial charge in [-0.1, -0.05) is 12.1 Å². The largest absolute Gasteiger partial charge is 0.497 e. The number of carboxylic acids is 1. The van der Waals surface area contributed by atoms with Crippen molar-refractivity contribution in [3.05, 3.63) is 40.8 Å². The molecule has 2 N–H and O–H groups in total. The van der Waals surface area contributed by atoms with Crippen LogP contribution in [0, 0.1) is 4.91 Å². The summed E-state index contributed by atoms with van der Waals surface area (Å²) in [5.41, 5.74) is 0.807. The van der Waals surface area contributed by atoms with E-state index in [1.54, 1.807) is 25.3 Å². The highest BCUT2D eigenvalue weighted by Gasteiger charge is 1.92. The molecule has 0 spiro atoms. The SMILES string of the molecule is COc1cccc(C=CC(=O)O)c1.O=NO.